The van der Waals surface area contributed by atoms with Gasteiger partial charge in [-0.15, -0.1) is 0 Å². The number of nitrogens with one attached hydrogen (secondary N) is 2. The summed E-state index contributed by atoms with van der Waals surface area (Å²) in [7, 11) is 0. The lowest BCUT2D eigenvalue weighted by atomic mass is 10.2. The highest BCUT2D eigenvalue weighted by Gasteiger charge is 2.04. The predicted octanol–water partition coefficient (Wildman–Crippen LogP) is 4.19. The molecule has 0 radical (unpaired) electrons. The highest BCUT2D eigenvalue weighted by Crippen LogP contribution is 2.14. The third-order valence-electron chi connectivity index (χ3n) is 3.51. The molecule has 0 amide bonds. The van der Waals surface area contributed by atoms with Crippen molar-refractivity contribution in [1.29, 1.82) is 0 Å². The van der Waals surface area contributed by atoms with E-state index < -0.39 is 0 Å². The number of thiocarbonyl (C=S) groups is 1. The fourth-order valence-electron chi connectivity index (χ4n) is 2.32. The maximum atomic E-state index is 13.2. The molecule has 0 fully saturated rings. The Kier molecular flexibility index (Phi) is 4.86. The summed E-state index contributed by atoms with van der Waals surface area (Å²) in [6, 6.07) is 16.2. The second-order valence-electron chi connectivity index (χ2n) is 5.42. The predicted molar refractivity (Wildman–Crippen MR) is 98.8 cm³/mol. The highest BCUT2D eigenvalue weighted by molar-refractivity contribution is 7.80. The van der Waals surface area contributed by atoms with Gasteiger partial charge >= 0.3 is 0 Å². The Labute approximate surface area is 145 Å². The first-order chi connectivity index (χ1) is 11.6. The minimum atomic E-state index is -0.249. The zero-order chi connectivity index (χ0) is 16.9. The van der Waals surface area contributed by atoms with Gasteiger partial charge in [-0.05, 0) is 48.5 Å². The van der Waals surface area contributed by atoms with E-state index >= 15 is 0 Å². The first-order valence-electron chi connectivity index (χ1n) is 7.52. The lowest BCUT2D eigenvalue weighted by Gasteiger charge is -2.10. The number of rotatable bonds is 4. The van der Waals surface area contributed by atoms with Crippen LogP contribution in [0.3, 0.4) is 0 Å². The van der Waals surface area contributed by atoms with Crippen molar-refractivity contribution in [3.8, 4) is 0 Å². The molecule has 1 aromatic heterocycles. The number of nitrogens with zero attached hydrogens (tertiary/aromatic N) is 2. The molecule has 6 heteroatoms. The van der Waals surface area contributed by atoms with Gasteiger partial charge in [-0.25, -0.2) is 4.39 Å². The van der Waals surface area contributed by atoms with E-state index in [9.17, 15) is 4.39 Å². The van der Waals surface area contributed by atoms with Crippen LogP contribution >= 0.6 is 12.2 Å². The van der Waals surface area contributed by atoms with Crippen LogP contribution in [0.4, 0.5) is 15.9 Å². The van der Waals surface area contributed by atoms with Crippen LogP contribution in [-0.2, 0) is 6.54 Å². The summed E-state index contributed by atoms with van der Waals surface area (Å²) in [6.07, 6.45) is 1.82. The van der Waals surface area contributed by atoms with Crippen LogP contribution in [0.5, 0.6) is 0 Å². The van der Waals surface area contributed by atoms with E-state index in [2.05, 4.69) is 15.7 Å². The van der Waals surface area contributed by atoms with Gasteiger partial charge in [-0.2, -0.15) is 5.10 Å². The second-order valence-corrected chi connectivity index (χ2v) is 5.83. The van der Waals surface area contributed by atoms with Crippen molar-refractivity contribution < 1.29 is 4.39 Å². The summed E-state index contributed by atoms with van der Waals surface area (Å²) in [5.41, 5.74) is 2.91. The molecule has 0 saturated carbocycles. The molecular weight excluding hydrogens is 323 g/mol. The minimum absolute atomic E-state index is 0.249. The number of para-hydroxylation sites is 1. The summed E-state index contributed by atoms with van der Waals surface area (Å²) < 4.78 is 14.9. The van der Waals surface area contributed by atoms with Gasteiger partial charge in [-0.3, -0.25) is 4.68 Å². The average molecular weight is 340 g/mol. The third kappa shape index (κ3) is 4.17. The van der Waals surface area contributed by atoms with Crippen molar-refractivity contribution in [1.82, 2.24) is 9.78 Å². The summed E-state index contributed by atoms with van der Waals surface area (Å²) in [4.78, 5) is 0. The molecule has 3 rings (SSSR count). The van der Waals surface area contributed by atoms with Crippen LogP contribution in [0.25, 0.3) is 0 Å². The van der Waals surface area contributed by atoms with Crippen molar-refractivity contribution in [3.05, 3.63) is 77.7 Å². The Balaban J connectivity index is 1.61. The quantitative estimate of drug-likeness (QED) is 0.699. The summed E-state index contributed by atoms with van der Waals surface area (Å²) in [5.74, 6) is 0.388. The first-order valence-corrected chi connectivity index (χ1v) is 7.92. The van der Waals surface area contributed by atoms with Gasteiger partial charge in [0.05, 0.1) is 6.54 Å². The molecule has 24 heavy (non-hydrogen) atoms. The average Bonchev–Trinajstić information content (AvgIpc) is 2.96. The molecule has 3 aromatic rings. The number of hydrogen-bond acceptors (Lipinski definition) is 2. The topological polar surface area (TPSA) is 41.9 Å². The molecule has 122 valence electrons. The number of halogens is 1. The van der Waals surface area contributed by atoms with Gasteiger partial charge in [0.15, 0.2) is 10.9 Å². The molecule has 4 nitrogen and oxygen atoms in total. The van der Waals surface area contributed by atoms with E-state index in [4.69, 9.17) is 12.2 Å². The Morgan fingerprint density at radius 2 is 1.96 bits per heavy atom. The molecule has 0 aliphatic heterocycles. The zero-order valence-electron chi connectivity index (χ0n) is 13.2. The van der Waals surface area contributed by atoms with E-state index in [1.165, 1.54) is 12.1 Å². The van der Waals surface area contributed by atoms with Crippen LogP contribution in [-0.4, -0.2) is 14.9 Å². The van der Waals surface area contributed by atoms with E-state index in [0.29, 0.717) is 17.5 Å². The number of anilines is 2. The molecule has 0 aliphatic carbocycles. The Hall–Kier alpha value is -2.73. The van der Waals surface area contributed by atoms with E-state index in [1.807, 2.05) is 49.5 Å². The normalized spacial score (nSPS) is 10.4. The van der Waals surface area contributed by atoms with Crippen LogP contribution < -0.4 is 10.6 Å². The van der Waals surface area contributed by atoms with Gasteiger partial charge in [0.1, 0.15) is 5.82 Å². The molecule has 0 spiro atoms. The molecule has 0 aliphatic rings. The molecule has 0 saturated heterocycles. The van der Waals surface area contributed by atoms with Gasteiger partial charge in [0.2, 0.25) is 0 Å². The molecule has 2 aromatic carbocycles. The second kappa shape index (κ2) is 7.23. The molecule has 0 unspecified atom stereocenters. The largest absolute Gasteiger partial charge is 0.332 e. The highest BCUT2D eigenvalue weighted by atomic mass is 32.1. The van der Waals surface area contributed by atoms with Crippen molar-refractivity contribution in [3.63, 3.8) is 0 Å². The first kappa shape index (κ1) is 16.1. The van der Waals surface area contributed by atoms with Crippen molar-refractivity contribution >= 4 is 28.8 Å². The van der Waals surface area contributed by atoms with E-state index in [0.717, 1.165) is 16.8 Å². The van der Waals surface area contributed by atoms with Gasteiger partial charge in [0, 0.05) is 18.0 Å². The Bertz CT molecular complexity index is 859. The fraction of sp³-hybridized carbons (Fsp3) is 0.111. The lowest BCUT2D eigenvalue weighted by Crippen LogP contribution is -2.20. The van der Waals surface area contributed by atoms with Crippen molar-refractivity contribution in [2.75, 3.05) is 10.6 Å². The third-order valence-corrected chi connectivity index (χ3v) is 3.71. The molecule has 0 atom stereocenters. The van der Waals surface area contributed by atoms with Crippen LogP contribution in [0.15, 0.2) is 60.8 Å². The smallest absolute Gasteiger partial charge is 0.176 e. The number of aryl methyl sites for hydroxylation is 1. The lowest BCUT2D eigenvalue weighted by molar-refractivity contribution is 0.619. The monoisotopic (exact) mass is 340 g/mol. The standard InChI is InChI=1S/C18H17FN4S/c1-13-5-2-3-8-16(13)20-18(24)21-17-9-10-23(22-17)12-14-6-4-7-15(19)11-14/h2-11H,12H2,1H3,(H2,20,21,22,24). The molecular formula is C18H17FN4S. The molecule has 2 N–H and O–H groups in total. The Morgan fingerprint density at radius 3 is 2.75 bits per heavy atom. The van der Waals surface area contributed by atoms with E-state index in [-0.39, 0.29) is 5.82 Å². The van der Waals surface area contributed by atoms with Crippen molar-refractivity contribution in [2.24, 2.45) is 0 Å². The van der Waals surface area contributed by atoms with Gasteiger partial charge < -0.3 is 10.6 Å². The maximum absolute atomic E-state index is 13.2. The Morgan fingerprint density at radius 1 is 1.12 bits per heavy atom. The van der Waals surface area contributed by atoms with Crippen LogP contribution in [0.2, 0.25) is 0 Å². The molecule has 0 bridgehead atoms. The van der Waals surface area contributed by atoms with Crippen LogP contribution in [0, 0.1) is 12.7 Å². The summed E-state index contributed by atoms with van der Waals surface area (Å²) >= 11 is 5.31. The number of aromatic nitrogens is 2. The minimum Gasteiger partial charge on any atom is -0.332 e. The summed E-state index contributed by atoms with van der Waals surface area (Å²) in [6.45, 7) is 2.51. The SMILES string of the molecule is Cc1ccccc1NC(=S)Nc1ccn(Cc2cccc(F)c2)n1. The van der Waals surface area contributed by atoms with Crippen LogP contribution in [0.1, 0.15) is 11.1 Å². The molecule has 1 heterocycles. The number of hydrogen-bond donors (Lipinski definition) is 2. The number of benzene rings is 2. The maximum Gasteiger partial charge on any atom is 0.176 e. The van der Waals surface area contributed by atoms with Gasteiger partial charge in [-0.1, -0.05) is 30.3 Å². The van der Waals surface area contributed by atoms with Crippen molar-refractivity contribution in [2.45, 2.75) is 13.5 Å². The van der Waals surface area contributed by atoms with E-state index in [1.54, 1.807) is 10.7 Å². The summed E-state index contributed by atoms with van der Waals surface area (Å²) in [5, 5.41) is 11.1. The van der Waals surface area contributed by atoms with Gasteiger partial charge in [0.25, 0.3) is 0 Å². The fourth-order valence-corrected chi connectivity index (χ4v) is 2.54. The zero-order valence-corrected chi connectivity index (χ0v) is 14.0.